The minimum Gasteiger partial charge on any atom is -0.481 e. The first-order valence-corrected chi connectivity index (χ1v) is 6.39. The molecular formula is C14H18ClN3O3. The summed E-state index contributed by atoms with van der Waals surface area (Å²) in [4.78, 5) is 16.8. The van der Waals surface area contributed by atoms with Gasteiger partial charge in [-0.05, 0) is 14.0 Å². The van der Waals surface area contributed by atoms with Crippen LogP contribution in [-0.2, 0) is 4.79 Å². The molecule has 1 N–H and O–H groups in total. The molecule has 1 aromatic heterocycles. The van der Waals surface area contributed by atoms with Crippen molar-refractivity contribution in [2.24, 2.45) is 0 Å². The van der Waals surface area contributed by atoms with Crippen LogP contribution in [-0.4, -0.2) is 39.7 Å². The van der Waals surface area contributed by atoms with Crippen molar-refractivity contribution in [2.45, 2.75) is 19.4 Å². The fourth-order valence-electron chi connectivity index (χ4n) is 1.76. The number of aliphatic carboxylic acids is 1. The average Bonchev–Trinajstić information content (AvgIpc) is 2.94. The molecule has 0 saturated carbocycles. The van der Waals surface area contributed by atoms with Crippen LogP contribution in [0, 0.1) is 0 Å². The normalized spacial score (nSPS) is 12.0. The van der Waals surface area contributed by atoms with E-state index in [0.29, 0.717) is 18.3 Å². The summed E-state index contributed by atoms with van der Waals surface area (Å²) in [5.74, 6) is 0.204. The van der Waals surface area contributed by atoms with Crippen LogP contribution in [0.3, 0.4) is 0 Å². The van der Waals surface area contributed by atoms with Crippen molar-refractivity contribution in [3.8, 4) is 11.4 Å². The Labute approximate surface area is 129 Å². The number of aromatic nitrogens is 2. The number of rotatable bonds is 6. The largest absolute Gasteiger partial charge is 0.481 e. The van der Waals surface area contributed by atoms with Gasteiger partial charge in [0.05, 0.1) is 12.5 Å². The van der Waals surface area contributed by atoms with Gasteiger partial charge in [0.1, 0.15) is 0 Å². The van der Waals surface area contributed by atoms with E-state index < -0.39 is 5.97 Å². The molecule has 0 amide bonds. The van der Waals surface area contributed by atoms with Crippen molar-refractivity contribution in [1.82, 2.24) is 15.0 Å². The fraction of sp³-hybridized carbons (Fsp3) is 0.357. The van der Waals surface area contributed by atoms with E-state index in [-0.39, 0.29) is 24.9 Å². The molecule has 1 atom stereocenters. The Morgan fingerprint density at radius 2 is 2.05 bits per heavy atom. The number of nitrogens with zero attached hydrogens (tertiary/aromatic N) is 3. The first kappa shape index (κ1) is 17.1. The van der Waals surface area contributed by atoms with Crippen molar-refractivity contribution in [2.75, 3.05) is 13.6 Å². The summed E-state index contributed by atoms with van der Waals surface area (Å²) in [7, 11) is 1.83. The molecule has 0 bridgehead atoms. The highest BCUT2D eigenvalue weighted by atomic mass is 35.5. The number of halogens is 1. The first-order chi connectivity index (χ1) is 9.58. The van der Waals surface area contributed by atoms with E-state index in [4.69, 9.17) is 9.63 Å². The molecule has 2 rings (SSSR count). The van der Waals surface area contributed by atoms with Gasteiger partial charge in [-0.1, -0.05) is 35.5 Å². The second-order valence-electron chi connectivity index (χ2n) is 4.62. The number of carboxylic acid groups (broad SMARTS) is 1. The molecule has 1 aromatic carbocycles. The van der Waals surface area contributed by atoms with E-state index >= 15 is 0 Å². The predicted molar refractivity (Wildman–Crippen MR) is 80.3 cm³/mol. The van der Waals surface area contributed by atoms with Crippen molar-refractivity contribution < 1.29 is 14.4 Å². The minimum atomic E-state index is -0.820. The molecule has 0 fully saturated rings. The SMILES string of the molecule is CC(c1nc(-c2ccccc2)no1)N(C)CCC(=O)O.Cl. The molecule has 0 saturated heterocycles. The van der Waals surface area contributed by atoms with Gasteiger partial charge in [-0.25, -0.2) is 0 Å². The Morgan fingerprint density at radius 3 is 2.67 bits per heavy atom. The van der Waals surface area contributed by atoms with E-state index in [1.54, 1.807) is 0 Å². The topological polar surface area (TPSA) is 79.5 Å². The average molecular weight is 312 g/mol. The molecule has 21 heavy (non-hydrogen) atoms. The van der Waals surface area contributed by atoms with Crippen LogP contribution in [0.15, 0.2) is 34.9 Å². The maximum absolute atomic E-state index is 10.6. The van der Waals surface area contributed by atoms with Gasteiger partial charge in [0, 0.05) is 12.1 Å². The van der Waals surface area contributed by atoms with Crippen LogP contribution in [0.25, 0.3) is 11.4 Å². The van der Waals surface area contributed by atoms with Crippen molar-refractivity contribution in [3.05, 3.63) is 36.2 Å². The third kappa shape index (κ3) is 4.54. The van der Waals surface area contributed by atoms with Crippen molar-refractivity contribution in [1.29, 1.82) is 0 Å². The minimum absolute atomic E-state index is 0. The predicted octanol–water partition coefficient (Wildman–Crippen LogP) is 2.63. The Hall–Kier alpha value is -1.92. The summed E-state index contributed by atoms with van der Waals surface area (Å²) >= 11 is 0. The van der Waals surface area contributed by atoms with Crippen LogP contribution in [0.4, 0.5) is 0 Å². The number of hydrogen-bond donors (Lipinski definition) is 1. The third-order valence-corrected chi connectivity index (χ3v) is 3.17. The molecule has 0 radical (unpaired) electrons. The van der Waals surface area contributed by atoms with E-state index in [9.17, 15) is 4.79 Å². The van der Waals surface area contributed by atoms with Crippen LogP contribution in [0.5, 0.6) is 0 Å². The van der Waals surface area contributed by atoms with E-state index in [2.05, 4.69) is 10.1 Å². The van der Waals surface area contributed by atoms with Gasteiger partial charge in [-0.2, -0.15) is 4.98 Å². The summed E-state index contributed by atoms with van der Waals surface area (Å²) in [6.07, 6.45) is 0.0838. The molecular weight excluding hydrogens is 294 g/mol. The van der Waals surface area contributed by atoms with Crippen molar-refractivity contribution in [3.63, 3.8) is 0 Å². The molecule has 0 aliphatic rings. The molecule has 1 unspecified atom stereocenters. The van der Waals surface area contributed by atoms with Crippen LogP contribution in [0.2, 0.25) is 0 Å². The second-order valence-corrected chi connectivity index (χ2v) is 4.62. The lowest BCUT2D eigenvalue weighted by Gasteiger charge is -2.20. The summed E-state index contributed by atoms with van der Waals surface area (Å²) in [6, 6.07) is 9.44. The van der Waals surface area contributed by atoms with Gasteiger partial charge in [-0.3, -0.25) is 9.69 Å². The van der Waals surface area contributed by atoms with Gasteiger partial charge in [0.15, 0.2) is 0 Å². The van der Waals surface area contributed by atoms with E-state index in [0.717, 1.165) is 5.56 Å². The second kappa shape index (κ2) is 7.75. The summed E-state index contributed by atoms with van der Waals surface area (Å²) in [5.41, 5.74) is 0.892. The van der Waals surface area contributed by atoms with Gasteiger partial charge in [0.2, 0.25) is 11.7 Å². The highest BCUT2D eigenvalue weighted by Crippen LogP contribution is 2.21. The molecule has 0 spiro atoms. The highest BCUT2D eigenvalue weighted by molar-refractivity contribution is 5.85. The number of hydrogen-bond acceptors (Lipinski definition) is 5. The Kier molecular flexibility index (Phi) is 6.33. The fourth-order valence-corrected chi connectivity index (χ4v) is 1.76. The van der Waals surface area contributed by atoms with Gasteiger partial charge < -0.3 is 9.63 Å². The van der Waals surface area contributed by atoms with Crippen LogP contribution in [0.1, 0.15) is 25.3 Å². The number of benzene rings is 1. The lowest BCUT2D eigenvalue weighted by Crippen LogP contribution is -2.25. The van der Waals surface area contributed by atoms with Crippen LogP contribution >= 0.6 is 12.4 Å². The zero-order chi connectivity index (χ0) is 14.5. The quantitative estimate of drug-likeness (QED) is 0.883. The monoisotopic (exact) mass is 311 g/mol. The van der Waals surface area contributed by atoms with Crippen molar-refractivity contribution >= 4 is 18.4 Å². The zero-order valence-corrected chi connectivity index (χ0v) is 12.7. The smallest absolute Gasteiger partial charge is 0.304 e. The summed E-state index contributed by atoms with van der Waals surface area (Å²) in [6.45, 7) is 2.34. The standard InChI is InChI=1S/C14H17N3O3.ClH/c1-10(17(2)9-8-12(18)19)14-15-13(16-20-14)11-6-4-3-5-7-11;/h3-7,10H,8-9H2,1-2H3,(H,18,19);1H. The summed E-state index contributed by atoms with van der Waals surface area (Å²) < 4.78 is 5.26. The van der Waals surface area contributed by atoms with E-state index in [1.165, 1.54) is 0 Å². The molecule has 0 aliphatic heterocycles. The number of carbonyl (C=O) groups is 1. The maximum Gasteiger partial charge on any atom is 0.304 e. The van der Waals surface area contributed by atoms with Gasteiger partial charge in [0.25, 0.3) is 0 Å². The molecule has 1 heterocycles. The summed E-state index contributed by atoms with van der Waals surface area (Å²) in [5, 5.41) is 12.6. The first-order valence-electron chi connectivity index (χ1n) is 6.39. The van der Waals surface area contributed by atoms with E-state index in [1.807, 2.05) is 49.2 Å². The lowest BCUT2D eigenvalue weighted by molar-refractivity contribution is -0.137. The molecule has 6 nitrogen and oxygen atoms in total. The van der Waals surface area contributed by atoms with Gasteiger partial charge in [-0.15, -0.1) is 12.4 Å². The van der Waals surface area contributed by atoms with Gasteiger partial charge >= 0.3 is 5.97 Å². The maximum atomic E-state index is 10.6. The molecule has 7 heteroatoms. The molecule has 114 valence electrons. The molecule has 2 aromatic rings. The lowest BCUT2D eigenvalue weighted by atomic mass is 10.2. The third-order valence-electron chi connectivity index (χ3n) is 3.17. The highest BCUT2D eigenvalue weighted by Gasteiger charge is 2.19. The Morgan fingerprint density at radius 1 is 1.38 bits per heavy atom. The zero-order valence-electron chi connectivity index (χ0n) is 11.9. The molecule has 0 aliphatic carbocycles. The van der Waals surface area contributed by atoms with Crippen LogP contribution < -0.4 is 0 Å². The number of carboxylic acids is 1. The Bertz CT molecular complexity index is 574. The Balaban J connectivity index is 0.00000220.